The van der Waals surface area contributed by atoms with Gasteiger partial charge in [-0.25, -0.2) is 4.90 Å². The average molecular weight is 471 g/mol. The molecule has 0 aromatic heterocycles. The van der Waals surface area contributed by atoms with Crippen molar-refractivity contribution < 1.29 is 14.4 Å². The minimum absolute atomic E-state index is 0.0691. The van der Waals surface area contributed by atoms with Crippen molar-refractivity contribution in [2.24, 2.45) is 23.2 Å². The minimum atomic E-state index is -0.715. The Morgan fingerprint density at radius 3 is 2.11 bits per heavy atom. The molecule has 2 aromatic carbocycles. The zero-order valence-electron chi connectivity index (χ0n) is 20.5. The van der Waals surface area contributed by atoms with E-state index in [-0.39, 0.29) is 29.6 Å². The highest BCUT2D eigenvalue weighted by molar-refractivity contribution is 6.23. The highest BCUT2D eigenvalue weighted by Crippen LogP contribution is 2.60. The molecule has 5 aliphatic rings. The smallest absolute Gasteiger partial charge is 0.257 e. The van der Waals surface area contributed by atoms with Gasteiger partial charge >= 0.3 is 0 Å². The maximum absolute atomic E-state index is 14.4. The van der Waals surface area contributed by atoms with Crippen LogP contribution in [-0.2, 0) is 20.8 Å². The number of carbonyl (C=O) groups is 3. The van der Waals surface area contributed by atoms with Crippen molar-refractivity contribution in [1.29, 1.82) is 0 Å². The maximum atomic E-state index is 14.4. The van der Waals surface area contributed by atoms with E-state index in [0.717, 1.165) is 30.4 Å². The molecular weight excluding hydrogens is 436 g/mol. The number of benzene rings is 2. The van der Waals surface area contributed by atoms with E-state index in [1.165, 1.54) is 24.2 Å². The van der Waals surface area contributed by atoms with E-state index in [4.69, 9.17) is 0 Å². The second-order valence-corrected chi connectivity index (χ2v) is 11.6. The van der Waals surface area contributed by atoms with Gasteiger partial charge in [-0.15, -0.1) is 0 Å². The Bertz CT molecular complexity index is 1100. The summed E-state index contributed by atoms with van der Waals surface area (Å²) in [6, 6.07) is 16.9. The number of nitrogens with zero attached hydrogens (tertiary/aromatic N) is 2. The van der Waals surface area contributed by atoms with Gasteiger partial charge in [-0.1, -0.05) is 48.0 Å². The van der Waals surface area contributed by atoms with Crippen molar-refractivity contribution in [3.8, 4) is 0 Å². The number of hydrogen-bond acceptors (Lipinski definition) is 3. The summed E-state index contributed by atoms with van der Waals surface area (Å²) >= 11 is 0. The number of hydrogen-bond donors (Lipinski definition) is 0. The van der Waals surface area contributed by atoms with Gasteiger partial charge in [0.25, 0.3) is 5.91 Å². The van der Waals surface area contributed by atoms with Crippen molar-refractivity contribution in [1.82, 2.24) is 4.90 Å². The molecule has 5 nitrogen and oxygen atoms in total. The third-order valence-electron chi connectivity index (χ3n) is 9.03. The molecule has 1 saturated heterocycles. The van der Waals surface area contributed by atoms with Crippen LogP contribution in [0.25, 0.3) is 0 Å². The molecule has 0 N–H and O–H groups in total. The minimum Gasteiger partial charge on any atom is -0.329 e. The summed E-state index contributed by atoms with van der Waals surface area (Å²) in [6.45, 7) is 2.45. The van der Waals surface area contributed by atoms with E-state index >= 15 is 0 Å². The molecule has 5 heteroatoms. The van der Waals surface area contributed by atoms with Gasteiger partial charge in [-0.05, 0) is 87.3 Å². The van der Waals surface area contributed by atoms with Gasteiger partial charge in [0.1, 0.15) is 6.04 Å². The number of anilines is 1. The largest absolute Gasteiger partial charge is 0.329 e. The van der Waals surface area contributed by atoms with Gasteiger partial charge in [0.15, 0.2) is 0 Å². The van der Waals surface area contributed by atoms with Crippen LogP contribution in [0.3, 0.4) is 0 Å². The maximum Gasteiger partial charge on any atom is 0.257 e. The Morgan fingerprint density at radius 1 is 0.914 bits per heavy atom. The second-order valence-electron chi connectivity index (χ2n) is 11.6. The number of imide groups is 1. The summed E-state index contributed by atoms with van der Waals surface area (Å²) in [4.78, 5) is 44.3. The fourth-order valence-corrected chi connectivity index (χ4v) is 7.79. The molecule has 5 fully saturated rings. The van der Waals surface area contributed by atoms with E-state index < -0.39 is 6.04 Å². The summed E-state index contributed by atoms with van der Waals surface area (Å²) in [7, 11) is 0. The van der Waals surface area contributed by atoms with Gasteiger partial charge in [0.05, 0.1) is 17.5 Å². The first kappa shape index (κ1) is 22.5. The number of carbonyl (C=O) groups excluding carboxylic acids is 3. The normalized spacial score (nSPS) is 31.3. The molecule has 1 heterocycles. The van der Waals surface area contributed by atoms with Crippen LogP contribution in [0, 0.1) is 30.1 Å². The molecule has 3 amide bonds. The van der Waals surface area contributed by atoms with Gasteiger partial charge in [0, 0.05) is 6.54 Å². The molecule has 35 heavy (non-hydrogen) atoms. The van der Waals surface area contributed by atoms with Crippen LogP contribution in [0.4, 0.5) is 5.69 Å². The molecule has 1 unspecified atom stereocenters. The molecule has 1 aliphatic heterocycles. The predicted octanol–water partition coefficient (Wildman–Crippen LogP) is 4.91. The van der Waals surface area contributed by atoms with Crippen LogP contribution in [0.2, 0.25) is 0 Å². The lowest BCUT2D eigenvalue weighted by Gasteiger charge is -2.57. The zero-order chi connectivity index (χ0) is 24.2. The van der Waals surface area contributed by atoms with E-state index in [1.54, 1.807) is 0 Å². The standard InChI is InChI=1S/C30H34N2O3/c1-20-7-9-25(10-8-20)32-27(33)16-26(28(32)34)31(12-11-21-5-3-2-4-6-21)29(35)30-17-22-13-23(18-30)15-24(14-22)19-30/h2-10,22-24,26H,11-19H2,1H3. The molecule has 2 aromatic rings. The third-order valence-corrected chi connectivity index (χ3v) is 9.03. The lowest BCUT2D eigenvalue weighted by Crippen LogP contribution is -2.58. The molecule has 0 radical (unpaired) electrons. The van der Waals surface area contributed by atoms with Crippen LogP contribution in [0.5, 0.6) is 0 Å². The van der Waals surface area contributed by atoms with Crippen LogP contribution in [0.15, 0.2) is 54.6 Å². The number of rotatable bonds is 6. The lowest BCUT2D eigenvalue weighted by molar-refractivity contribution is -0.161. The monoisotopic (exact) mass is 470 g/mol. The third kappa shape index (κ3) is 3.99. The average Bonchev–Trinajstić information content (AvgIpc) is 3.13. The topological polar surface area (TPSA) is 57.7 Å². The molecule has 7 rings (SSSR count). The molecule has 182 valence electrons. The Hall–Kier alpha value is -2.95. The first-order valence-electron chi connectivity index (χ1n) is 13.2. The van der Waals surface area contributed by atoms with Crippen molar-refractivity contribution in [3.05, 3.63) is 65.7 Å². The highest BCUT2D eigenvalue weighted by Gasteiger charge is 2.57. The second kappa shape index (κ2) is 8.61. The molecule has 0 spiro atoms. The van der Waals surface area contributed by atoms with E-state index in [9.17, 15) is 14.4 Å². The fourth-order valence-electron chi connectivity index (χ4n) is 7.79. The number of amides is 3. The SMILES string of the molecule is Cc1ccc(N2C(=O)CC(N(CCc3ccccc3)C(=O)C34CC5CC(CC(C5)C3)C4)C2=O)cc1. The van der Waals surface area contributed by atoms with Gasteiger partial charge in [0.2, 0.25) is 11.8 Å². The molecule has 4 saturated carbocycles. The molecule has 4 bridgehead atoms. The van der Waals surface area contributed by atoms with Crippen LogP contribution in [0.1, 0.15) is 56.1 Å². The van der Waals surface area contributed by atoms with Crippen LogP contribution in [-0.4, -0.2) is 35.2 Å². The van der Waals surface area contributed by atoms with E-state index in [1.807, 2.05) is 54.3 Å². The molecule has 4 aliphatic carbocycles. The van der Waals surface area contributed by atoms with E-state index in [0.29, 0.717) is 36.4 Å². The predicted molar refractivity (Wildman–Crippen MR) is 135 cm³/mol. The number of aryl methyl sites for hydroxylation is 1. The summed E-state index contributed by atoms with van der Waals surface area (Å²) in [5, 5.41) is 0. The van der Waals surface area contributed by atoms with Crippen molar-refractivity contribution >= 4 is 23.4 Å². The van der Waals surface area contributed by atoms with Gasteiger partial charge < -0.3 is 4.90 Å². The highest BCUT2D eigenvalue weighted by atomic mass is 16.2. The van der Waals surface area contributed by atoms with Gasteiger partial charge in [-0.3, -0.25) is 14.4 Å². The Labute approximate surface area is 207 Å². The Kier molecular flexibility index (Phi) is 5.54. The molecule has 1 atom stereocenters. The van der Waals surface area contributed by atoms with Gasteiger partial charge in [-0.2, -0.15) is 0 Å². The fraction of sp³-hybridized carbons (Fsp3) is 0.500. The Morgan fingerprint density at radius 2 is 1.51 bits per heavy atom. The summed E-state index contributed by atoms with van der Waals surface area (Å²) < 4.78 is 0. The summed E-state index contributed by atoms with van der Waals surface area (Å²) in [5.41, 5.74) is 2.47. The van der Waals surface area contributed by atoms with Crippen molar-refractivity contribution in [3.63, 3.8) is 0 Å². The van der Waals surface area contributed by atoms with Crippen LogP contribution >= 0.6 is 0 Å². The van der Waals surface area contributed by atoms with Crippen molar-refractivity contribution in [2.75, 3.05) is 11.4 Å². The zero-order valence-corrected chi connectivity index (χ0v) is 20.5. The van der Waals surface area contributed by atoms with Crippen LogP contribution < -0.4 is 4.90 Å². The quantitative estimate of drug-likeness (QED) is 0.564. The molecular formula is C30H34N2O3. The lowest BCUT2D eigenvalue weighted by atomic mass is 9.49. The first-order valence-corrected chi connectivity index (χ1v) is 13.2. The summed E-state index contributed by atoms with van der Waals surface area (Å²) in [6.07, 6.45) is 7.40. The van der Waals surface area contributed by atoms with E-state index in [2.05, 4.69) is 12.1 Å². The first-order chi connectivity index (χ1) is 16.9. The van der Waals surface area contributed by atoms with Crippen molar-refractivity contribution in [2.45, 2.75) is 64.3 Å². The summed E-state index contributed by atoms with van der Waals surface area (Å²) in [5.74, 6) is 1.59. The Balaban J connectivity index is 1.30.